The Morgan fingerprint density at radius 1 is 1.40 bits per heavy atom. The van der Waals surface area contributed by atoms with Crippen molar-refractivity contribution < 1.29 is 23.8 Å². The van der Waals surface area contributed by atoms with E-state index in [9.17, 15) is 9.59 Å². The first-order valence-electron chi connectivity index (χ1n) is 7.13. The van der Waals surface area contributed by atoms with Gasteiger partial charge in [0.15, 0.2) is 0 Å². The van der Waals surface area contributed by atoms with Gasteiger partial charge in [-0.25, -0.2) is 4.79 Å². The van der Waals surface area contributed by atoms with Gasteiger partial charge in [0.2, 0.25) is 0 Å². The minimum Gasteiger partial charge on any atom is -0.462 e. The summed E-state index contributed by atoms with van der Waals surface area (Å²) in [7, 11) is 0. The van der Waals surface area contributed by atoms with Crippen LogP contribution in [0.1, 0.15) is 33.1 Å². The molecule has 110 valence electrons. The molecular weight excluding hydrogens is 260 g/mol. The van der Waals surface area contributed by atoms with Crippen molar-refractivity contribution in [2.24, 2.45) is 11.8 Å². The van der Waals surface area contributed by atoms with Gasteiger partial charge in [-0.05, 0) is 19.8 Å². The van der Waals surface area contributed by atoms with Gasteiger partial charge >= 0.3 is 11.9 Å². The second-order valence-electron chi connectivity index (χ2n) is 6.38. The smallest absolute Gasteiger partial charge is 0.333 e. The molecule has 5 unspecified atom stereocenters. The lowest BCUT2D eigenvalue weighted by Crippen LogP contribution is -2.21. The van der Waals surface area contributed by atoms with E-state index in [1.54, 1.807) is 0 Å². The predicted octanol–water partition coefficient (Wildman–Crippen LogP) is 1.60. The van der Waals surface area contributed by atoms with Gasteiger partial charge in [-0.2, -0.15) is 0 Å². The van der Waals surface area contributed by atoms with Crippen LogP contribution < -0.4 is 0 Å². The average Bonchev–Trinajstić information content (AvgIpc) is 2.73. The van der Waals surface area contributed by atoms with Gasteiger partial charge in [0.05, 0.1) is 24.2 Å². The Bertz CT molecular complexity index is 471. The molecule has 0 bridgehead atoms. The van der Waals surface area contributed by atoms with E-state index in [0.717, 1.165) is 19.3 Å². The van der Waals surface area contributed by atoms with Crippen molar-refractivity contribution in [2.75, 3.05) is 6.61 Å². The zero-order chi connectivity index (χ0) is 14.5. The molecule has 3 rings (SSSR count). The molecule has 0 aromatic heterocycles. The standard InChI is InChI=1S/C15H20O5/c1-8-4-11(19-13(8)16)6-15(3)12(20-15)5-10-7-18-14(17)9(10)2/h8,10-12H,2,4-7H2,1,3H3. The van der Waals surface area contributed by atoms with E-state index < -0.39 is 0 Å². The van der Waals surface area contributed by atoms with Crippen LogP contribution in [0.3, 0.4) is 0 Å². The van der Waals surface area contributed by atoms with Crippen LogP contribution in [-0.4, -0.2) is 36.4 Å². The summed E-state index contributed by atoms with van der Waals surface area (Å²) in [6, 6.07) is 0. The van der Waals surface area contributed by atoms with Crippen molar-refractivity contribution in [3.05, 3.63) is 12.2 Å². The highest BCUT2D eigenvalue weighted by Gasteiger charge is 2.55. The van der Waals surface area contributed by atoms with Crippen molar-refractivity contribution in [1.29, 1.82) is 0 Å². The van der Waals surface area contributed by atoms with E-state index in [-0.39, 0.29) is 41.6 Å². The minimum atomic E-state index is -0.295. The Labute approximate surface area is 118 Å². The van der Waals surface area contributed by atoms with Crippen LogP contribution in [0.4, 0.5) is 0 Å². The maximum atomic E-state index is 11.4. The summed E-state index contributed by atoms with van der Waals surface area (Å²) in [5.41, 5.74) is 0.296. The van der Waals surface area contributed by atoms with E-state index >= 15 is 0 Å². The fourth-order valence-electron chi connectivity index (χ4n) is 3.17. The lowest BCUT2D eigenvalue weighted by Gasteiger charge is -2.13. The van der Waals surface area contributed by atoms with E-state index in [4.69, 9.17) is 14.2 Å². The highest BCUT2D eigenvalue weighted by atomic mass is 16.6. The zero-order valence-electron chi connectivity index (χ0n) is 11.9. The monoisotopic (exact) mass is 280 g/mol. The molecule has 5 nitrogen and oxygen atoms in total. The number of epoxide rings is 1. The second-order valence-corrected chi connectivity index (χ2v) is 6.38. The Kier molecular flexibility index (Phi) is 3.12. The number of carbonyl (C=O) groups is 2. The molecule has 0 aromatic rings. The van der Waals surface area contributed by atoms with E-state index in [2.05, 4.69) is 6.58 Å². The van der Waals surface area contributed by atoms with E-state index in [1.807, 2.05) is 13.8 Å². The number of carbonyl (C=O) groups excluding carboxylic acids is 2. The summed E-state index contributed by atoms with van der Waals surface area (Å²) in [6.07, 6.45) is 2.28. The first-order chi connectivity index (χ1) is 9.39. The molecule has 20 heavy (non-hydrogen) atoms. The number of cyclic esters (lactones) is 2. The van der Waals surface area contributed by atoms with Gasteiger partial charge in [0.25, 0.3) is 0 Å². The number of hydrogen-bond donors (Lipinski definition) is 0. The highest BCUT2D eigenvalue weighted by molar-refractivity contribution is 5.90. The number of rotatable bonds is 4. The zero-order valence-corrected chi connectivity index (χ0v) is 11.9. The van der Waals surface area contributed by atoms with Crippen LogP contribution in [0.25, 0.3) is 0 Å². The molecule has 0 radical (unpaired) electrons. The van der Waals surface area contributed by atoms with Gasteiger partial charge in [-0.1, -0.05) is 13.5 Å². The Morgan fingerprint density at radius 3 is 2.70 bits per heavy atom. The second kappa shape index (κ2) is 4.58. The molecule has 0 aromatic carbocycles. The Hall–Kier alpha value is -1.36. The highest BCUT2D eigenvalue weighted by Crippen LogP contribution is 2.47. The van der Waals surface area contributed by atoms with Crippen LogP contribution in [0.15, 0.2) is 12.2 Å². The molecule has 0 N–H and O–H groups in total. The van der Waals surface area contributed by atoms with Crippen molar-refractivity contribution in [3.63, 3.8) is 0 Å². The topological polar surface area (TPSA) is 65.1 Å². The molecule has 0 amide bonds. The summed E-state index contributed by atoms with van der Waals surface area (Å²) < 4.78 is 16.1. The maximum absolute atomic E-state index is 11.4. The first kappa shape index (κ1) is 13.6. The normalized spacial score (nSPS) is 43.6. The van der Waals surface area contributed by atoms with Crippen LogP contribution in [-0.2, 0) is 23.8 Å². The summed E-state index contributed by atoms with van der Waals surface area (Å²) in [5, 5.41) is 0. The summed E-state index contributed by atoms with van der Waals surface area (Å²) in [5.74, 6) is -0.365. The largest absolute Gasteiger partial charge is 0.462 e. The van der Waals surface area contributed by atoms with Crippen molar-refractivity contribution in [3.8, 4) is 0 Å². The summed E-state index contributed by atoms with van der Waals surface area (Å²) in [4.78, 5) is 22.7. The summed E-state index contributed by atoms with van der Waals surface area (Å²) >= 11 is 0. The van der Waals surface area contributed by atoms with Crippen LogP contribution in [0.2, 0.25) is 0 Å². The lowest BCUT2D eigenvalue weighted by molar-refractivity contribution is -0.144. The predicted molar refractivity (Wildman–Crippen MR) is 69.8 cm³/mol. The molecule has 0 aliphatic carbocycles. The van der Waals surface area contributed by atoms with Crippen molar-refractivity contribution in [1.82, 2.24) is 0 Å². The molecular formula is C15H20O5. The van der Waals surface area contributed by atoms with Crippen LogP contribution in [0, 0.1) is 11.8 Å². The molecule has 0 spiro atoms. The summed E-state index contributed by atoms with van der Waals surface area (Å²) in [6.45, 7) is 8.10. The van der Waals surface area contributed by atoms with Gasteiger partial charge in [-0.15, -0.1) is 0 Å². The Morgan fingerprint density at radius 2 is 2.15 bits per heavy atom. The first-order valence-corrected chi connectivity index (χ1v) is 7.13. The molecule has 3 aliphatic heterocycles. The molecule has 3 saturated heterocycles. The third-order valence-corrected chi connectivity index (χ3v) is 4.64. The molecule has 5 atom stereocenters. The van der Waals surface area contributed by atoms with Gasteiger partial charge in [-0.3, -0.25) is 4.79 Å². The van der Waals surface area contributed by atoms with Crippen LogP contribution >= 0.6 is 0 Å². The maximum Gasteiger partial charge on any atom is 0.333 e. The fraction of sp³-hybridized carbons (Fsp3) is 0.733. The van der Waals surface area contributed by atoms with E-state index in [0.29, 0.717) is 12.2 Å². The quantitative estimate of drug-likeness (QED) is 0.444. The average molecular weight is 280 g/mol. The number of esters is 2. The van der Waals surface area contributed by atoms with Gasteiger partial charge in [0.1, 0.15) is 6.10 Å². The van der Waals surface area contributed by atoms with Crippen LogP contribution in [0.5, 0.6) is 0 Å². The SMILES string of the molecule is C=C1C(=O)OCC1CC1OC1(C)CC1CC(C)C(=O)O1. The molecule has 3 fully saturated rings. The van der Waals surface area contributed by atoms with Gasteiger partial charge in [0, 0.05) is 17.9 Å². The molecule has 0 saturated carbocycles. The minimum absolute atomic E-state index is 0.0126. The number of hydrogen-bond acceptors (Lipinski definition) is 5. The molecule has 3 aliphatic rings. The molecule has 5 heteroatoms. The van der Waals surface area contributed by atoms with Gasteiger partial charge < -0.3 is 14.2 Å². The Balaban J connectivity index is 1.51. The van der Waals surface area contributed by atoms with E-state index in [1.165, 1.54) is 0 Å². The lowest BCUT2D eigenvalue weighted by atomic mass is 9.90. The molecule has 3 heterocycles. The third-order valence-electron chi connectivity index (χ3n) is 4.64. The van der Waals surface area contributed by atoms with Crippen molar-refractivity contribution in [2.45, 2.75) is 50.9 Å². The van der Waals surface area contributed by atoms with Crippen molar-refractivity contribution >= 4 is 11.9 Å². The fourth-order valence-corrected chi connectivity index (χ4v) is 3.17. The number of ether oxygens (including phenoxy) is 3. The third kappa shape index (κ3) is 2.35.